The molecule has 4 rings (SSSR count). The zero-order valence-corrected chi connectivity index (χ0v) is 16.5. The summed E-state index contributed by atoms with van der Waals surface area (Å²) in [6, 6.07) is 4.71. The first-order chi connectivity index (χ1) is 12.0. The molecular formula is C19H24N3OS2+. The van der Waals surface area contributed by atoms with Crippen LogP contribution in [0.15, 0.2) is 22.3 Å². The smallest absolute Gasteiger partial charge is 0.260 e. The minimum atomic E-state index is 0.0380. The normalized spacial score (nSPS) is 19.7. The largest absolute Gasteiger partial charge is 0.331 e. The van der Waals surface area contributed by atoms with Crippen LogP contribution in [0, 0.1) is 5.92 Å². The number of aromatic amines is 1. The lowest BCUT2D eigenvalue weighted by Gasteiger charge is -2.17. The van der Waals surface area contributed by atoms with Crippen LogP contribution < -0.4 is 10.9 Å². The molecule has 6 heteroatoms. The van der Waals surface area contributed by atoms with E-state index in [1.807, 2.05) is 0 Å². The maximum atomic E-state index is 12.7. The Kier molecular flexibility index (Phi) is 4.52. The van der Waals surface area contributed by atoms with Crippen molar-refractivity contribution >= 4 is 32.9 Å². The van der Waals surface area contributed by atoms with E-state index in [1.54, 1.807) is 22.7 Å². The van der Waals surface area contributed by atoms with Gasteiger partial charge in [0.15, 0.2) is 5.82 Å². The van der Waals surface area contributed by atoms with Gasteiger partial charge in [-0.1, -0.05) is 13.0 Å². The molecule has 0 fully saturated rings. The molecule has 0 spiro atoms. The predicted octanol–water partition coefficient (Wildman–Crippen LogP) is 3.56. The van der Waals surface area contributed by atoms with Gasteiger partial charge in [-0.3, -0.25) is 4.79 Å². The van der Waals surface area contributed by atoms with Crippen molar-refractivity contribution in [1.29, 1.82) is 0 Å². The van der Waals surface area contributed by atoms with Crippen LogP contribution in [-0.4, -0.2) is 9.97 Å². The van der Waals surface area contributed by atoms with Crippen molar-refractivity contribution in [2.24, 2.45) is 5.92 Å². The third kappa shape index (κ3) is 3.18. The minimum Gasteiger partial charge on any atom is -0.331 e. The van der Waals surface area contributed by atoms with Gasteiger partial charge in [0.2, 0.25) is 0 Å². The van der Waals surface area contributed by atoms with Crippen molar-refractivity contribution in [1.82, 2.24) is 9.97 Å². The monoisotopic (exact) mass is 374 g/mol. The molecule has 0 aromatic carbocycles. The van der Waals surface area contributed by atoms with Gasteiger partial charge in [0.1, 0.15) is 16.9 Å². The summed E-state index contributed by atoms with van der Waals surface area (Å²) < 4.78 is 0. The quantitative estimate of drug-likeness (QED) is 0.733. The molecule has 0 saturated heterocycles. The van der Waals surface area contributed by atoms with Gasteiger partial charge in [-0.15, -0.1) is 22.7 Å². The van der Waals surface area contributed by atoms with E-state index in [1.165, 1.54) is 21.7 Å². The van der Waals surface area contributed by atoms with Gasteiger partial charge in [-0.2, -0.15) is 0 Å². The molecule has 0 radical (unpaired) electrons. The highest BCUT2D eigenvalue weighted by molar-refractivity contribution is 7.18. The van der Waals surface area contributed by atoms with Crippen LogP contribution in [-0.2, 0) is 12.8 Å². The third-order valence-corrected chi connectivity index (χ3v) is 7.41. The van der Waals surface area contributed by atoms with E-state index in [2.05, 4.69) is 48.6 Å². The summed E-state index contributed by atoms with van der Waals surface area (Å²) in [6.07, 6.45) is 3.27. The number of hydrogen-bond acceptors (Lipinski definition) is 4. The molecule has 1 aliphatic rings. The van der Waals surface area contributed by atoms with Crippen molar-refractivity contribution in [2.75, 3.05) is 0 Å². The van der Waals surface area contributed by atoms with E-state index in [9.17, 15) is 4.79 Å². The van der Waals surface area contributed by atoms with Crippen LogP contribution >= 0.6 is 22.7 Å². The van der Waals surface area contributed by atoms with E-state index >= 15 is 0 Å². The van der Waals surface area contributed by atoms with Gasteiger partial charge in [0.25, 0.3) is 5.56 Å². The average molecular weight is 375 g/mol. The summed E-state index contributed by atoms with van der Waals surface area (Å²) in [7, 11) is 0. The van der Waals surface area contributed by atoms with Crippen molar-refractivity contribution in [3.63, 3.8) is 0 Å². The SMILES string of the molecule is C[C@@H]1CCc2c(sc3nc([C@H](C)[NH2+][C@@H](C)c4cccs4)[nH]c(=O)c23)C1. The Morgan fingerprint density at radius 1 is 1.36 bits per heavy atom. The molecule has 0 aliphatic heterocycles. The molecule has 4 nitrogen and oxygen atoms in total. The van der Waals surface area contributed by atoms with Gasteiger partial charge < -0.3 is 10.3 Å². The Balaban J connectivity index is 1.65. The number of H-pyrrole nitrogens is 1. The second-order valence-electron chi connectivity index (χ2n) is 7.27. The molecule has 132 valence electrons. The van der Waals surface area contributed by atoms with Crippen LogP contribution in [0.1, 0.15) is 60.4 Å². The number of rotatable bonds is 4. The average Bonchev–Trinajstić information content (AvgIpc) is 3.21. The highest BCUT2D eigenvalue weighted by Crippen LogP contribution is 2.35. The number of hydrogen-bond donors (Lipinski definition) is 2. The van der Waals surface area contributed by atoms with Crippen molar-refractivity contribution in [3.05, 3.63) is 49.0 Å². The molecule has 1 aliphatic carbocycles. The molecule has 3 N–H and O–H groups in total. The fourth-order valence-electron chi connectivity index (χ4n) is 3.75. The molecule has 3 atom stereocenters. The molecule has 0 saturated carbocycles. The Morgan fingerprint density at radius 3 is 2.96 bits per heavy atom. The Labute approximate surface area is 155 Å². The number of nitrogens with one attached hydrogen (secondary N) is 1. The number of quaternary nitrogens is 1. The maximum Gasteiger partial charge on any atom is 0.260 e. The van der Waals surface area contributed by atoms with Crippen LogP contribution in [0.2, 0.25) is 0 Å². The summed E-state index contributed by atoms with van der Waals surface area (Å²) in [5.74, 6) is 1.49. The fraction of sp³-hybridized carbons (Fsp3) is 0.474. The highest BCUT2D eigenvalue weighted by atomic mass is 32.1. The maximum absolute atomic E-state index is 12.7. The van der Waals surface area contributed by atoms with E-state index in [-0.39, 0.29) is 11.6 Å². The molecule has 25 heavy (non-hydrogen) atoms. The first kappa shape index (κ1) is 16.9. The summed E-state index contributed by atoms with van der Waals surface area (Å²) >= 11 is 3.49. The lowest BCUT2D eigenvalue weighted by molar-refractivity contribution is -0.729. The molecule has 3 aromatic heterocycles. The van der Waals surface area contributed by atoms with Gasteiger partial charge >= 0.3 is 0 Å². The number of nitrogens with two attached hydrogens (primary N) is 1. The summed E-state index contributed by atoms with van der Waals surface area (Å²) in [5.41, 5.74) is 1.29. The van der Waals surface area contributed by atoms with Crippen molar-refractivity contribution < 1.29 is 5.32 Å². The molecular weight excluding hydrogens is 350 g/mol. The number of thiophene rings is 2. The lowest BCUT2D eigenvalue weighted by atomic mass is 9.89. The van der Waals surface area contributed by atoms with Crippen LogP contribution in [0.3, 0.4) is 0 Å². The highest BCUT2D eigenvalue weighted by Gasteiger charge is 2.25. The fourth-order valence-corrected chi connectivity index (χ4v) is 5.91. The molecule has 3 aromatic rings. The van der Waals surface area contributed by atoms with Gasteiger partial charge in [0.05, 0.1) is 10.3 Å². The first-order valence-electron chi connectivity index (χ1n) is 8.95. The predicted molar refractivity (Wildman–Crippen MR) is 105 cm³/mol. The molecule has 0 bridgehead atoms. The van der Waals surface area contributed by atoms with Crippen LogP contribution in [0.25, 0.3) is 10.2 Å². The second kappa shape index (κ2) is 6.67. The van der Waals surface area contributed by atoms with Gasteiger partial charge in [0, 0.05) is 4.88 Å². The number of nitrogens with zero attached hydrogens (tertiary/aromatic N) is 1. The number of aromatic nitrogens is 2. The van der Waals surface area contributed by atoms with Gasteiger partial charge in [-0.25, -0.2) is 4.98 Å². The van der Waals surface area contributed by atoms with E-state index in [0.717, 1.165) is 28.9 Å². The van der Waals surface area contributed by atoms with Crippen LogP contribution in [0.4, 0.5) is 0 Å². The Morgan fingerprint density at radius 2 is 2.20 bits per heavy atom. The molecule has 0 unspecified atom stereocenters. The minimum absolute atomic E-state index is 0.0380. The summed E-state index contributed by atoms with van der Waals surface area (Å²) in [5, 5.41) is 5.22. The first-order valence-corrected chi connectivity index (χ1v) is 10.7. The van der Waals surface area contributed by atoms with Gasteiger partial charge in [-0.05, 0) is 56.0 Å². The van der Waals surface area contributed by atoms with Crippen LogP contribution in [0.5, 0.6) is 0 Å². The topological polar surface area (TPSA) is 62.4 Å². The zero-order chi connectivity index (χ0) is 17.6. The zero-order valence-electron chi connectivity index (χ0n) is 14.8. The van der Waals surface area contributed by atoms with E-state index in [0.29, 0.717) is 12.0 Å². The Bertz CT molecular complexity index is 942. The third-order valence-electron chi connectivity index (χ3n) is 5.18. The van der Waals surface area contributed by atoms with E-state index < -0.39 is 0 Å². The second-order valence-corrected chi connectivity index (χ2v) is 9.33. The number of fused-ring (bicyclic) bond motifs is 3. The Hall–Kier alpha value is -1.50. The standard InChI is InChI=1S/C19H23N3OS2/c1-10-6-7-13-15(9-10)25-19-16(13)18(23)21-17(22-19)12(3)20-11(2)14-5-4-8-24-14/h4-5,8,10-12,20H,6-7,9H2,1-3H3,(H,21,22,23)/p+1/t10-,11+,12+/m1/s1. The van der Waals surface area contributed by atoms with Crippen molar-refractivity contribution in [3.8, 4) is 0 Å². The van der Waals surface area contributed by atoms with Crippen molar-refractivity contribution in [2.45, 2.75) is 52.1 Å². The summed E-state index contributed by atoms with van der Waals surface area (Å²) in [4.78, 5) is 24.3. The lowest BCUT2D eigenvalue weighted by Crippen LogP contribution is -2.85. The molecule has 3 heterocycles. The molecule has 0 amide bonds. The number of aryl methyl sites for hydroxylation is 1. The van der Waals surface area contributed by atoms with E-state index in [4.69, 9.17) is 4.98 Å². The summed E-state index contributed by atoms with van der Waals surface area (Å²) in [6.45, 7) is 6.60.